The van der Waals surface area contributed by atoms with E-state index in [4.69, 9.17) is 13.9 Å². The number of carbonyl (C=O) groups is 1. The van der Waals surface area contributed by atoms with E-state index in [1.165, 1.54) is 19.4 Å². The third-order valence-corrected chi connectivity index (χ3v) is 4.27. The molecule has 2 aromatic carbocycles. The van der Waals surface area contributed by atoms with Crippen LogP contribution >= 0.6 is 0 Å². The van der Waals surface area contributed by atoms with Gasteiger partial charge in [-0.2, -0.15) is 0 Å². The molecular weight excluding hydrogens is 365 g/mol. The Morgan fingerprint density at radius 1 is 1.25 bits per heavy atom. The summed E-state index contributed by atoms with van der Waals surface area (Å²) in [5, 5.41) is 9.96. The van der Waals surface area contributed by atoms with Gasteiger partial charge in [0.1, 0.15) is 31.6 Å². The number of phenolic OH excluding ortho intramolecular Hbond substituents is 1. The molecule has 0 fully saturated rings. The predicted octanol–water partition coefficient (Wildman–Crippen LogP) is 4.13. The number of alkyl halides is 1. The summed E-state index contributed by atoms with van der Waals surface area (Å²) in [6.45, 7) is -0.679. The quantitative estimate of drug-likeness (QED) is 0.558. The summed E-state index contributed by atoms with van der Waals surface area (Å²) in [5.41, 5.74) is 1.82. The number of rotatable bonds is 9. The Balaban J connectivity index is 1.95. The first-order valence-electron chi connectivity index (χ1n) is 8.72. The summed E-state index contributed by atoms with van der Waals surface area (Å²) in [4.78, 5) is 15.8. The molecule has 1 heterocycles. The number of methoxy groups -OCH3 is 1. The molecule has 0 radical (unpaired) electrons. The number of benzene rings is 2. The molecule has 0 aliphatic rings. The summed E-state index contributed by atoms with van der Waals surface area (Å²) in [6.07, 6.45) is 2.43. The molecule has 6 nitrogen and oxygen atoms in total. The summed E-state index contributed by atoms with van der Waals surface area (Å²) in [7, 11) is 1.46. The minimum Gasteiger partial charge on any atom is -0.504 e. The summed E-state index contributed by atoms with van der Waals surface area (Å²) < 4.78 is 28.6. The zero-order valence-electron chi connectivity index (χ0n) is 15.3. The van der Waals surface area contributed by atoms with E-state index in [-0.39, 0.29) is 18.8 Å². The average molecular weight is 385 g/mol. The third kappa shape index (κ3) is 4.14. The Kier molecular flexibility index (Phi) is 6.26. The van der Waals surface area contributed by atoms with Crippen molar-refractivity contribution in [2.45, 2.75) is 12.3 Å². The number of aldehydes is 1. The van der Waals surface area contributed by atoms with Crippen molar-refractivity contribution in [3.8, 4) is 28.7 Å². The van der Waals surface area contributed by atoms with Crippen LogP contribution in [0.2, 0.25) is 0 Å². The van der Waals surface area contributed by atoms with Crippen LogP contribution in [0.5, 0.6) is 17.2 Å². The van der Waals surface area contributed by atoms with Crippen molar-refractivity contribution >= 4 is 6.29 Å². The monoisotopic (exact) mass is 385 g/mol. The maximum absolute atomic E-state index is 12.5. The number of hydrogen-bond donors (Lipinski definition) is 1. The van der Waals surface area contributed by atoms with Gasteiger partial charge in [-0.3, -0.25) is 0 Å². The molecule has 0 spiro atoms. The van der Waals surface area contributed by atoms with Crippen molar-refractivity contribution in [1.29, 1.82) is 0 Å². The highest BCUT2D eigenvalue weighted by molar-refractivity contribution is 5.60. The molecule has 0 aliphatic heterocycles. The Hall–Kier alpha value is -3.35. The van der Waals surface area contributed by atoms with Crippen molar-refractivity contribution in [3.63, 3.8) is 0 Å². The molecule has 0 amide bonds. The third-order valence-electron chi connectivity index (χ3n) is 4.27. The van der Waals surface area contributed by atoms with Gasteiger partial charge in [-0.05, 0) is 24.3 Å². The van der Waals surface area contributed by atoms with Gasteiger partial charge in [0.2, 0.25) is 5.89 Å². The molecule has 3 aromatic rings. The van der Waals surface area contributed by atoms with Crippen LogP contribution in [0.25, 0.3) is 11.5 Å². The maximum atomic E-state index is 12.5. The van der Waals surface area contributed by atoms with Crippen LogP contribution in [-0.4, -0.2) is 36.8 Å². The highest BCUT2D eigenvalue weighted by Gasteiger charge is 2.22. The van der Waals surface area contributed by atoms with Crippen molar-refractivity contribution in [3.05, 3.63) is 60.0 Å². The number of aromatic hydroxyl groups is 1. The van der Waals surface area contributed by atoms with Crippen LogP contribution in [0.4, 0.5) is 4.39 Å². The van der Waals surface area contributed by atoms with Crippen LogP contribution in [0, 0.1) is 0 Å². The second-order valence-corrected chi connectivity index (χ2v) is 5.99. The van der Waals surface area contributed by atoms with E-state index in [9.17, 15) is 14.3 Å². The van der Waals surface area contributed by atoms with Crippen molar-refractivity contribution < 1.29 is 28.2 Å². The molecule has 146 valence electrons. The van der Waals surface area contributed by atoms with E-state index >= 15 is 0 Å². The summed E-state index contributed by atoms with van der Waals surface area (Å²) in [5.74, 6) is 0.699. The molecule has 1 unspecified atom stereocenters. The van der Waals surface area contributed by atoms with E-state index in [0.717, 1.165) is 11.8 Å². The maximum Gasteiger partial charge on any atom is 0.226 e. The number of halogens is 1. The first-order valence-corrected chi connectivity index (χ1v) is 8.72. The normalized spacial score (nSPS) is 11.8. The fraction of sp³-hybridized carbons (Fsp3) is 0.238. The summed E-state index contributed by atoms with van der Waals surface area (Å²) >= 11 is 0. The van der Waals surface area contributed by atoms with Gasteiger partial charge < -0.3 is 23.8 Å². The largest absolute Gasteiger partial charge is 0.504 e. The van der Waals surface area contributed by atoms with Gasteiger partial charge in [-0.1, -0.05) is 18.2 Å². The van der Waals surface area contributed by atoms with E-state index in [1.807, 2.05) is 12.1 Å². The number of hydrogen-bond acceptors (Lipinski definition) is 6. The Morgan fingerprint density at radius 2 is 2.07 bits per heavy atom. The lowest BCUT2D eigenvalue weighted by Gasteiger charge is -2.16. The average Bonchev–Trinajstić information content (AvgIpc) is 3.20. The number of oxazole rings is 1. The molecule has 28 heavy (non-hydrogen) atoms. The highest BCUT2D eigenvalue weighted by atomic mass is 19.1. The molecule has 1 N–H and O–H groups in total. The predicted molar refractivity (Wildman–Crippen MR) is 101 cm³/mol. The Bertz CT molecular complexity index is 940. The van der Waals surface area contributed by atoms with E-state index in [2.05, 4.69) is 4.98 Å². The van der Waals surface area contributed by atoms with Crippen LogP contribution in [0.1, 0.15) is 23.6 Å². The number of carbonyl (C=O) groups excluding carboxylic acids is 1. The lowest BCUT2D eigenvalue weighted by Crippen LogP contribution is -2.07. The van der Waals surface area contributed by atoms with Crippen LogP contribution in [0.15, 0.2) is 53.1 Å². The van der Waals surface area contributed by atoms with Gasteiger partial charge in [0.05, 0.1) is 12.8 Å². The molecule has 7 heteroatoms. The summed E-state index contributed by atoms with van der Waals surface area (Å²) in [6, 6.07) is 11.9. The SMILES string of the molecule is COc1ccc(-c2nc(C(CC=O)c3ccccc3OCCF)co2)cc1O. The van der Waals surface area contributed by atoms with Crippen LogP contribution < -0.4 is 9.47 Å². The number of aromatic nitrogens is 1. The zero-order chi connectivity index (χ0) is 19.9. The first-order chi connectivity index (χ1) is 13.7. The van der Waals surface area contributed by atoms with Crippen LogP contribution in [-0.2, 0) is 4.79 Å². The smallest absolute Gasteiger partial charge is 0.226 e. The number of phenols is 1. The number of para-hydroxylation sites is 1. The van der Waals surface area contributed by atoms with Gasteiger partial charge in [-0.25, -0.2) is 9.37 Å². The van der Waals surface area contributed by atoms with Gasteiger partial charge >= 0.3 is 0 Å². The second kappa shape index (κ2) is 9.03. The van der Waals surface area contributed by atoms with Crippen LogP contribution in [0.3, 0.4) is 0 Å². The molecule has 1 aromatic heterocycles. The number of nitrogens with zero attached hydrogens (tertiary/aromatic N) is 1. The Labute approximate surface area is 161 Å². The van der Waals surface area contributed by atoms with Crippen molar-refractivity contribution in [2.75, 3.05) is 20.4 Å². The van der Waals surface area contributed by atoms with Crippen molar-refractivity contribution in [2.24, 2.45) is 0 Å². The number of ether oxygens (including phenoxy) is 2. The van der Waals surface area contributed by atoms with E-state index < -0.39 is 12.6 Å². The van der Waals surface area contributed by atoms with Gasteiger partial charge in [-0.15, -0.1) is 0 Å². The minimum absolute atomic E-state index is 0.0332. The fourth-order valence-electron chi connectivity index (χ4n) is 2.95. The van der Waals surface area contributed by atoms with E-state index in [1.54, 1.807) is 24.3 Å². The molecule has 0 aliphatic carbocycles. The molecule has 1 atom stereocenters. The Morgan fingerprint density at radius 3 is 2.79 bits per heavy atom. The molecule has 0 saturated heterocycles. The van der Waals surface area contributed by atoms with Gasteiger partial charge in [0.25, 0.3) is 0 Å². The molecule has 3 rings (SSSR count). The zero-order valence-corrected chi connectivity index (χ0v) is 15.3. The first kappa shape index (κ1) is 19.4. The highest BCUT2D eigenvalue weighted by Crippen LogP contribution is 2.36. The van der Waals surface area contributed by atoms with E-state index in [0.29, 0.717) is 28.6 Å². The molecule has 0 bridgehead atoms. The topological polar surface area (TPSA) is 81.8 Å². The second-order valence-electron chi connectivity index (χ2n) is 5.99. The lowest BCUT2D eigenvalue weighted by atomic mass is 9.92. The lowest BCUT2D eigenvalue weighted by molar-refractivity contribution is -0.108. The van der Waals surface area contributed by atoms with Gasteiger partial charge in [0, 0.05) is 23.5 Å². The van der Waals surface area contributed by atoms with Gasteiger partial charge in [0.15, 0.2) is 11.5 Å². The molecular formula is C21H20FNO5. The minimum atomic E-state index is -0.609. The standard InChI is InChI=1S/C21H20FNO5/c1-26-20-7-6-14(12-18(20)25)21-23-17(13-28-21)15(8-10-24)16-4-2-3-5-19(16)27-11-9-22/h2-7,10,12-13,15,25H,8-9,11H2,1H3. The fourth-order valence-corrected chi connectivity index (χ4v) is 2.95. The van der Waals surface area contributed by atoms with Crippen molar-refractivity contribution in [1.82, 2.24) is 4.98 Å². The molecule has 0 saturated carbocycles.